The Morgan fingerprint density at radius 1 is 1.18 bits per heavy atom. The van der Waals surface area contributed by atoms with Gasteiger partial charge in [-0.15, -0.1) is 11.3 Å². The van der Waals surface area contributed by atoms with E-state index in [9.17, 15) is 35.1 Å². The van der Waals surface area contributed by atoms with Gasteiger partial charge in [0.2, 0.25) is 0 Å². The third kappa shape index (κ3) is 5.42. The van der Waals surface area contributed by atoms with Crippen molar-refractivity contribution in [2.45, 2.75) is 28.4 Å². The van der Waals surface area contributed by atoms with E-state index in [4.69, 9.17) is 4.18 Å². The van der Waals surface area contributed by atoms with Crippen molar-refractivity contribution in [3.05, 3.63) is 52.9 Å². The minimum absolute atomic E-state index is 0.0989. The molecule has 8 nitrogen and oxygen atoms in total. The molecule has 0 bridgehead atoms. The maximum atomic E-state index is 13.2. The minimum Gasteiger partial charge on any atom is -0.376 e. The number of rotatable bonds is 7. The maximum Gasteiger partial charge on any atom is 0.421 e. The Balaban J connectivity index is 2.01. The number of alkyl halides is 3. The molecule has 0 radical (unpaired) electrons. The largest absolute Gasteiger partial charge is 0.421 e. The van der Waals surface area contributed by atoms with E-state index >= 15 is 0 Å². The van der Waals surface area contributed by atoms with Gasteiger partial charge in [-0.05, 0) is 29.5 Å². The van der Waals surface area contributed by atoms with Gasteiger partial charge >= 0.3 is 6.18 Å². The van der Waals surface area contributed by atoms with Gasteiger partial charge in [0, 0.05) is 19.6 Å². The zero-order valence-corrected chi connectivity index (χ0v) is 20.1. The Morgan fingerprint density at radius 2 is 1.82 bits per heavy atom. The molecule has 14 heteroatoms. The van der Waals surface area contributed by atoms with E-state index in [1.165, 1.54) is 22.5 Å². The van der Waals surface area contributed by atoms with Crippen molar-refractivity contribution in [3.63, 3.8) is 0 Å². The van der Waals surface area contributed by atoms with Crippen molar-refractivity contribution in [2.75, 3.05) is 32.5 Å². The van der Waals surface area contributed by atoms with Crippen LogP contribution in [0.3, 0.4) is 0 Å². The highest BCUT2D eigenvalue weighted by Crippen LogP contribution is 2.39. The molecule has 1 saturated heterocycles. The first-order valence-electron chi connectivity index (χ1n) is 9.62. The summed E-state index contributed by atoms with van der Waals surface area (Å²) in [6.07, 6.45) is -4.08. The predicted octanol–water partition coefficient (Wildman–Crippen LogP) is 1.98. The molecule has 1 aliphatic heterocycles. The lowest BCUT2D eigenvalue weighted by molar-refractivity contribution is -0.258. The summed E-state index contributed by atoms with van der Waals surface area (Å²) in [6.45, 7) is 0.148. The molecule has 184 valence electrons. The summed E-state index contributed by atoms with van der Waals surface area (Å²) in [4.78, 5) is 0. The topological polar surface area (TPSA) is 113 Å². The second-order valence-corrected chi connectivity index (χ2v) is 12.6. The van der Waals surface area contributed by atoms with Gasteiger partial charge in [-0.1, -0.05) is 30.3 Å². The van der Waals surface area contributed by atoms with Crippen LogP contribution in [0.4, 0.5) is 13.2 Å². The Labute approximate surface area is 194 Å². The molecule has 0 amide bonds. The lowest BCUT2D eigenvalue weighted by Gasteiger charge is -2.43. The summed E-state index contributed by atoms with van der Waals surface area (Å²) in [5.74, 6) is 0. The molecule has 2 N–H and O–H groups in total. The van der Waals surface area contributed by atoms with Crippen LogP contribution in [0.15, 0.2) is 46.0 Å². The molecule has 1 fully saturated rings. The number of benzene rings is 1. The molecule has 1 aromatic heterocycles. The molecule has 2 aromatic rings. The van der Waals surface area contributed by atoms with E-state index in [1.54, 1.807) is 11.4 Å². The van der Waals surface area contributed by atoms with Crippen molar-refractivity contribution < 1.29 is 39.3 Å². The molecule has 0 aliphatic carbocycles. The molecule has 1 aromatic carbocycles. The van der Waals surface area contributed by atoms with Gasteiger partial charge in [0.25, 0.3) is 20.1 Å². The quantitative estimate of drug-likeness (QED) is 0.529. The Bertz CT molecular complexity index is 1180. The summed E-state index contributed by atoms with van der Waals surface area (Å²) < 4.78 is 95.3. The van der Waals surface area contributed by atoms with Gasteiger partial charge in [-0.2, -0.15) is 25.9 Å². The fourth-order valence-electron chi connectivity index (χ4n) is 3.46. The summed E-state index contributed by atoms with van der Waals surface area (Å²) in [5.41, 5.74) is -4.58. The molecule has 0 spiro atoms. The normalized spacial score (nSPS) is 22.7. The van der Waals surface area contributed by atoms with Crippen LogP contribution in [-0.4, -0.2) is 64.9 Å². The lowest BCUT2D eigenvalue weighted by Crippen LogP contribution is -2.61. The maximum absolute atomic E-state index is 13.2. The monoisotopic (exact) mass is 528 g/mol. The summed E-state index contributed by atoms with van der Waals surface area (Å²) >= 11 is 1.03. The van der Waals surface area contributed by atoms with Gasteiger partial charge in [0.05, 0.1) is 18.4 Å². The minimum atomic E-state index is -4.92. The first kappa shape index (κ1) is 26.1. The van der Waals surface area contributed by atoms with Gasteiger partial charge in [-0.3, -0.25) is 4.18 Å². The zero-order chi connectivity index (χ0) is 24.7. The average Bonchev–Trinajstić information content (AvgIpc) is 3.27. The number of piperazine rings is 1. The highest BCUT2D eigenvalue weighted by Gasteiger charge is 2.51. The van der Waals surface area contributed by atoms with Crippen molar-refractivity contribution in [1.82, 2.24) is 9.62 Å². The molecular weight excluding hydrogens is 505 g/mol. The number of nitrogens with one attached hydrogen (secondary N) is 1. The molecular formula is C19H23F3N2O6S3. The van der Waals surface area contributed by atoms with Crippen LogP contribution in [0, 0.1) is 0 Å². The van der Waals surface area contributed by atoms with E-state index in [-0.39, 0.29) is 23.8 Å². The number of aliphatic hydroxyl groups is 1. The standard InChI is InChI=1S/C19H23F3N2O6S3/c1-17(25,19(20,21)22)14-5-7-15(8-6-14)18(13-30-32(2,26)27)12-24(10-9-23-18)33(28,29)16-4-3-11-31-16/h3-8,11,23,25H,9-10,12-13H2,1-2H3/t17?,18-/m1/s1. The van der Waals surface area contributed by atoms with Crippen LogP contribution in [0.2, 0.25) is 0 Å². The number of hydrogen-bond acceptors (Lipinski definition) is 8. The van der Waals surface area contributed by atoms with Crippen molar-refractivity contribution in [3.8, 4) is 0 Å². The molecule has 3 rings (SSSR count). The Kier molecular flexibility index (Phi) is 7.03. The fraction of sp³-hybridized carbons (Fsp3) is 0.474. The first-order valence-corrected chi connectivity index (χ1v) is 13.8. The second-order valence-electron chi connectivity index (χ2n) is 7.89. The highest BCUT2D eigenvalue weighted by molar-refractivity contribution is 7.91. The van der Waals surface area contributed by atoms with Gasteiger partial charge < -0.3 is 10.4 Å². The number of hydrogen-bond donors (Lipinski definition) is 2. The van der Waals surface area contributed by atoms with Crippen LogP contribution >= 0.6 is 11.3 Å². The number of halogens is 3. The molecule has 33 heavy (non-hydrogen) atoms. The molecule has 2 heterocycles. The van der Waals surface area contributed by atoms with Crippen molar-refractivity contribution in [2.24, 2.45) is 0 Å². The number of sulfonamides is 1. The van der Waals surface area contributed by atoms with Crippen LogP contribution in [0.5, 0.6) is 0 Å². The molecule has 1 aliphatic rings. The van der Waals surface area contributed by atoms with Gasteiger partial charge in [0.15, 0.2) is 5.60 Å². The SMILES string of the molecule is CC(O)(c1ccc([C@]2(COS(C)(=O)=O)CN(S(=O)(=O)c3cccs3)CCN2)cc1)C(F)(F)F. The van der Waals surface area contributed by atoms with Crippen molar-refractivity contribution in [1.29, 1.82) is 0 Å². The third-order valence-electron chi connectivity index (χ3n) is 5.43. The zero-order valence-electron chi connectivity index (χ0n) is 17.7. The smallest absolute Gasteiger partial charge is 0.376 e. The second kappa shape index (κ2) is 8.91. The predicted molar refractivity (Wildman–Crippen MR) is 116 cm³/mol. The average molecular weight is 529 g/mol. The summed E-state index contributed by atoms with van der Waals surface area (Å²) in [6, 6.07) is 7.75. The van der Waals surface area contributed by atoms with E-state index in [0.29, 0.717) is 12.5 Å². The van der Waals surface area contributed by atoms with E-state index in [0.717, 1.165) is 29.7 Å². The summed E-state index contributed by atoms with van der Waals surface area (Å²) in [7, 11) is -7.80. The van der Waals surface area contributed by atoms with Crippen LogP contribution < -0.4 is 5.32 Å². The van der Waals surface area contributed by atoms with E-state index in [2.05, 4.69) is 5.32 Å². The number of thiophene rings is 1. The van der Waals surface area contributed by atoms with Gasteiger partial charge in [-0.25, -0.2) is 8.42 Å². The molecule has 2 atom stereocenters. The van der Waals surface area contributed by atoms with E-state index in [1.807, 2.05) is 0 Å². The van der Waals surface area contributed by atoms with E-state index < -0.39 is 49.6 Å². The highest BCUT2D eigenvalue weighted by atomic mass is 32.2. The Morgan fingerprint density at radius 3 is 2.33 bits per heavy atom. The Hall–Kier alpha value is -1.55. The summed E-state index contributed by atoms with van der Waals surface area (Å²) in [5, 5.41) is 14.6. The van der Waals surface area contributed by atoms with Gasteiger partial charge in [0.1, 0.15) is 4.21 Å². The fourth-order valence-corrected chi connectivity index (χ4v) is 6.52. The number of nitrogens with zero attached hydrogens (tertiary/aromatic N) is 1. The lowest BCUT2D eigenvalue weighted by atomic mass is 9.86. The molecule has 1 unspecified atom stereocenters. The first-order chi connectivity index (χ1) is 15.1. The van der Waals surface area contributed by atoms with Crippen LogP contribution in [0.25, 0.3) is 0 Å². The van der Waals surface area contributed by atoms with Crippen molar-refractivity contribution >= 4 is 31.5 Å². The van der Waals surface area contributed by atoms with Crippen LogP contribution in [-0.2, 0) is 35.5 Å². The van der Waals surface area contributed by atoms with Crippen LogP contribution in [0.1, 0.15) is 18.1 Å². The molecule has 0 saturated carbocycles. The third-order valence-corrected chi connectivity index (χ3v) is 9.20.